The van der Waals surface area contributed by atoms with Crippen molar-refractivity contribution in [2.24, 2.45) is 0 Å². The minimum absolute atomic E-state index is 0.332. The first-order chi connectivity index (χ1) is 7.72. The summed E-state index contributed by atoms with van der Waals surface area (Å²) in [5.41, 5.74) is 0. The number of thioether (sulfide) groups is 1. The van der Waals surface area contributed by atoms with E-state index in [1.807, 2.05) is 24.3 Å². The van der Waals surface area contributed by atoms with Gasteiger partial charge >= 0.3 is 0 Å². The molecule has 1 aromatic carbocycles. The van der Waals surface area contributed by atoms with Crippen molar-refractivity contribution in [3.8, 4) is 0 Å². The molecule has 0 aliphatic rings. The highest BCUT2D eigenvalue weighted by Gasteiger charge is 2.03. The second-order valence-electron chi connectivity index (χ2n) is 3.74. The SMILES string of the molecule is CCCCCC(=O)CSc1cccc(Cl)c1. The molecule has 0 fully saturated rings. The van der Waals surface area contributed by atoms with Gasteiger partial charge in [0.05, 0.1) is 5.75 Å². The predicted octanol–water partition coefficient (Wildman–Crippen LogP) is 4.58. The Morgan fingerprint density at radius 3 is 2.88 bits per heavy atom. The fourth-order valence-corrected chi connectivity index (χ4v) is 2.48. The number of hydrogen-bond acceptors (Lipinski definition) is 2. The highest BCUT2D eigenvalue weighted by molar-refractivity contribution is 8.00. The lowest BCUT2D eigenvalue weighted by Crippen LogP contribution is -2.00. The molecule has 0 N–H and O–H groups in total. The predicted molar refractivity (Wildman–Crippen MR) is 71.3 cm³/mol. The zero-order valence-corrected chi connectivity index (χ0v) is 11.1. The lowest BCUT2D eigenvalue weighted by atomic mass is 10.2. The van der Waals surface area contributed by atoms with Gasteiger partial charge in [-0.05, 0) is 24.6 Å². The number of hydrogen-bond donors (Lipinski definition) is 0. The first kappa shape index (κ1) is 13.6. The van der Waals surface area contributed by atoms with Crippen molar-refractivity contribution in [2.45, 2.75) is 37.5 Å². The number of Topliss-reactive ketones (excluding diaryl/α,β-unsaturated/α-hetero) is 1. The van der Waals surface area contributed by atoms with Crippen LogP contribution in [0.2, 0.25) is 5.02 Å². The number of halogens is 1. The average molecular weight is 257 g/mol. The van der Waals surface area contributed by atoms with Crippen LogP contribution in [-0.4, -0.2) is 11.5 Å². The van der Waals surface area contributed by atoms with Crippen LogP contribution in [0.15, 0.2) is 29.2 Å². The molecule has 0 saturated carbocycles. The van der Waals surface area contributed by atoms with Crippen LogP contribution >= 0.6 is 23.4 Å². The molecule has 0 aliphatic carbocycles. The first-order valence-electron chi connectivity index (χ1n) is 5.62. The molecule has 0 spiro atoms. The molecule has 0 radical (unpaired) electrons. The molecule has 0 saturated heterocycles. The topological polar surface area (TPSA) is 17.1 Å². The Hall–Kier alpha value is -0.470. The quantitative estimate of drug-likeness (QED) is 0.525. The van der Waals surface area contributed by atoms with Gasteiger partial charge in [-0.3, -0.25) is 4.79 Å². The zero-order valence-electron chi connectivity index (χ0n) is 9.54. The second-order valence-corrected chi connectivity index (χ2v) is 5.23. The van der Waals surface area contributed by atoms with Crippen LogP contribution in [0.5, 0.6) is 0 Å². The molecule has 1 aromatic rings. The maximum absolute atomic E-state index is 11.5. The normalized spacial score (nSPS) is 10.4. The monoisotopic (exact) mass is 256 g/mol. The van der Waals surface area contributed by atoms with Crippen molar-refractivity contribution < 1.29 is 4.79 Å². The van der Waals surface area contributed by atoms with Crippen molar-refractivity contribution in [3.05, 3.63) is 29.3 Å². The zero-order chi connectivity index (χ0) is 11.8. The van der Waals surface area contributed by atoms with E-state index in [1.165, 1.54) is 0 Å². The molecular weight excluding hydrogens is 240 g/mol. The van der Waals surface area contributed by atoms with E-state index in [1.54, 1.807) is 11.8 Å². The number of unbranched alkanes of at least 4 members (excludes halogenated alkanes) is 2. The fraction of sp³-hybridized carbons (Fsp3) is 0.462. The Balaban J connectivity index is 2.26. The molecule has 88 valence electrons. The van der Waals surface area contributed by atoms with E-state index in [0.29, 0.717) is 18.0 Å². The van der Waals surface area contributed by atoms with Gasteiger partial charge in [0.15, 0.2) is 0 Å². The summed E-state index contributed by atoms with van der Waals surface area (Å²) in [6.45, 7) is 2.14. The van der Waals surface area contributed by atoms with Crippen LogP contribution in [0.4, 0.5) is 0 Å². The van der Waals surface area contributed by atoms with Crippen LogP contribution < -0.4 is 0 Å². The van der Waals surface area contributed by atoms with Crippen molar-refractivity contribution >= 4 is 29.1 Å². The van der Waals surface area contributed by atoms with Crippen LogP contribution in [0, 0.1) is 0 Å². The summed E-state index contributed by atoms with van der Waals surface area (Å²) < 4.78 is 0. The lowest BCUT2D eigenvalue weighted by molar-refractivity contribution is -0.116. The molecule has 0 atom stereocenters. The summed E-state index contributed by atoms with van der Waals surface area (Å²) in [6, 6.07) is 7.63. The lowest BCUT2D eigenvalue weighted by Gasteiger charge is -2.01. The van der Waals surface area contributed by atoms with Crippen molar-refractivity contribution in [1.29, 1.82) is 0 Å². The van der Waals surface area contributed by atoms with Crippen molar-refractivity contribution in [3.63, 3.8) is 0 Å². The minimum atomic E-state index is 0.332. The van der Waals surface area contributed by atoms with E-state index >= 15 is 0 Å². The van der Waals surface area contributed by atoms with Gasteiger partial charge in [0.1, 0.15) is 5.78 Å². The molecule has 0 bridgehead atoms. The van der Waals surface area contributed by atoms with Gasteiger partial charge in [0, 0.05) is 16.3 Å². The van der Waals surface area contributed by atoms with Gasteiger partial charge < -0.3 is 0 Å². The highest BCUT2D eigenvalue weighted by atomic mass is 35.5. The van der Waals surface area contributed by atoms with Crippen LogP contribution in [0.25, 0.3) is 0 Å². The Kier molecular flexibility index (Phi) is 6.58. The summed E-state index contributed by atoms with van der Waals surface area (Å²) in [5, 5.41) is 0.725. The van der Waals surface area contributed by atoms with E-state index in [4.69, 9.17) is 11.6 Å². The Labute approximate surface area is 107 Å². The molecule has 1 rings (SSSR count). The molecule has 16 heavy (non-hydrogen) atoms. The Bertz CT molecular complexity index is 338. The van der Waals surface area contributed by atoms with Gasteiger partial charge in [-0.15, -0.1) is 11.8 Å². The summed E-state index contributed by atoms with van der Waals surface area (Å²) in [4.78, 5) is 12.6. The molecule has 0 unspecified atom stereocenters. The first-order valence-corrected chi connectivity index (χ1v) is 6.99. The van der Waals surface area contributed by atoms with Crippen molar-refractivity contribution in [2.75, 3.05) is 5.75 Å². The third-order valence-electron chi connectivity index (χ3n) is 2.26. The van der Waals surface area contributed by atoms with E-state index in [-0.39, 0.29) is 0 Å². The Morgan fingerprint density at radius 1 is 1.38 bits per heavy atom. The van der Waals surface area contributed by atoms with Crippen LogP contribution in [0.3, 0.4) is 0 Å². The second kappa shape index (κ2) is 7.75. The molecular formula is C13H17ClOS. The van der Waals surface area contributed by atoms with Crippen LogP contribution in [-0.2, 0) is 4.79 Å². The van der Waals surface area contributed by atoms with E-state index in [0.717, 1.165) is 29.2 Å². The summed E-state index contributed by atoms with van der Waals surface area (Å²) in [6.07, 6.45) is 4.04. The molecule has 3 heteroatoms. The molecule has 0 aliphatic heterocycles. The standard InChI is InChI=1S/C13H17ClOS/c1-2-3-4-7-12(15)10-16-13-8-5-6-11(14)9-13/h5-6,8-9H,2-4,7,10H2,1H3. The molecule has 0 aromatic heterocycles. The van der Waals surface area contributed by atoms with Gasteiger partial charge in [-0.25, -0.2) is 0 Å². The number of rotatable bonds is 7. The van der Waals surface area contributed by atoms with E-state index < -0.39 is 0 Å². The summed E-state index contributed by atoms with van der Waals surface area (Å²) in [7, 11) is 0. The highest BCUT2D eigenvalue weighted by Crippen LogP contribution is 2.22. The van der Waals surface area contributed by atoms with Gasteiger partial charge in [-0.1, -0.05) is 37.4 Å². The van der Waals surface area contributed by atoms with Gasteiger partial charge in [0.2, 0.25) is 0 Å². The number of carbonyl (C=O) groups excluding carboxylic acids is 1. The molecule has 0 heterocycles. The van der Waals surface area contributed by atoms with E-state index in [2.05, 4.69) is 6.92 Å². The summed E-state index contributed by atoms with van der Waals surface area (Å²) >= 11 is 7.43. The van der Waals surface area contributed by atoms with Gasteiger partial charge in [0.25, 0.3) is 0 Å². The Morgan fingerprint density at radius 2 is 2.19 bits per heavy atom. The molecule has 0 amide bonds. The van der Waals surface area contributed by atoms with Gasteiger partial charge in [-0.2, -0.15) is 0 Å². The van der Waals surface area contributed by atoms with Crippen molar-refractivity contribution in [1.82, 2.24) is 0 Å². The molecule has 1 nitrogen and oxygen atoms in total. The third kappa shape index (κ3) is 5.57. The summed E-state index contributed by atoms with van der Waals surface area (Å²) in [5.74, 6) is 0.891. The minimum Gasteiger partial charge on any atom is -0.299 e. The van der Waals surface area contributed by atoms with E-state index in [9.17, 15) is 4.79 Å². The fourth-order valence-electron chi connectivity index (χ4n) is 1.36. The maximum atomic E-state index is 11.5. The third-order valence-corrected chi connectivity index (χ3v) is 3.54. The number of carbonyl (C=O) groups is 1. The average Bonchev–Trinajstić information content (AvgIpc) is 2.27. The smallest absolute Gasteiger partial charge is 0.143 e. The number of ketones is 1. The largest absolute Gasteiger partial charge is 0.299 e. The number of benzene rings is 1. The maximum Gasteiger partial charge on any atom is 0.143 e. The van der Waals surface area contributed by atoms with Crippen LogP contribution in [0.1, 0.15) is 32.6 Å².